The molecule has 2 rings (SSSR count). The topological polar surface area (TPSA) is 76.0 Å². The third kappa shape index (κ3) is 3.43. The first-order chi connectivity index (χ1) is 9.83. The molecule has 0 aliphatic heterocycles. The molecule has 0 fully saturated rings. The van der Waals surface area contributed by atoms with Gasteiger partial charge in [-0.2, -0.15) is 5.10 Å². The van der Waals surface area contributed by atoms with Crippen molar-refractivity contribution in [1.82, 2.24) is 15.1 Å². The molecule has 1 aromatic heterocycles. The summed E-state index contributed by atoms with van der Waals surface area (Å²) < 4.78 is 29.1. The van der Waals surface area contributed by atoms with Crippen LogP contribution in [0.4, 0.5) is 5.69 Å². The van der Waals surface area contributed by atoms with Gasteiger partial charge >= 0.3 is 0 Å². The summed E-state index contributed by atoms with van der Waals surface area (Å²) in [6, 6.07) is 5.12. The fourth-order valence-corrected chi connectivity index (χ4v) is 3.25. The van der Waals surface area contributed by atoms with E-state index in [0.29, 0.717) is 17.9 Å². The van der Waals surface area contributed by atoms with Crippen LogP contribution in [-0.4, -0.2) is 25.2 Å². The van der Waals surface area contributed by atoms with Crippen molar-refractivity contribution in [3.05, 3.63) is 41.2 Å². The summed E-state index contributed by atoms with van der Waals surface area (Å²) >= 11 is 0. The quantitative estimate of drug-likeness (QED) is 0.879. The fraction of sp³-hybridized carbons (Fsp3) is 0.357. The SMILES string of the molecule is CNCc1cc(S(=O)(=O)Nc2cn(C)nc2C)ccc1C. The van der Waals surface area contributed by atoms with Gasteiger partial charge in [-0.25, -0.2) is 8.42 Å². The minimum absolute atomic E-state index is 0.251. The van der Waals surface area contributed by atoms with E-state index in [9.17, 15) is 8.42 Å². The molecule has 0 saturated carbocycles. The molecule has 0 radical (unpaired) electrons. The predicted octanol–water partition coefficient (Wildman–Crippen LogP) is 1.56. The molecule has 1 heterocycles. The Labute approximate surface area is 125 Å². The molecule has 2 aromatic rings. The van der Waals surface area contributed by atoms with Crippen LogP contribution in [-0.2, 0) is 23.6 Å². The molecule has 114 valence electrons. The highest BCUT2D eigenvalue weighted by Crippen LogP contribution is 2.20. The third-order valence-electron chi connectivity index (χ3n) is 3.26. The number of sulfonamides is 1. The van der Waals surface area contributed by atoms with Gasteiger partial charge in [0.1, 0.15) is 0 Å². The van der Waals surface area contributed by atoms with Crippen LogP contribution in [0.2, 0.25) is 0 Å². The molecule has 1 aromatic carbocycles. The molecule has 0 aliphatic carbocycles. The molecule has 0 bridgehead atoms. The molecule has 7 heteroatoms. The Morgan fingerprint density at radius 3 is 2.57 bits per heavy atom. The van der Waals surface area contributed by atoms with E-state index < -0.39 is 10.0 Å². The lowest BCUT2D eigenvalue weighted by molar-refractivity contribution is 0.601. The van der Waals surface area contributed by atoms with Gasteiger partial charge in [-0.05, 0) is 44.2 Å². The van der Waals surface area contributed by atoms with Gasteiger partial charge in [0.15, 0.2) is 0 Å². The molecule has 6 nitrogen and oxygen atoms in total. The van der Waals surface area contributed by atoms with Gasteiger partial charge in [0.05, 0.1) is 16.3 Å². The van der Waals surface area contributed by atoms with Crippen molar-refractivity contribution < 1.29 is 8.42 Å². The Balaban J connectivity index is 2.35. The highest BCUT2D eigenvalue weighted by atomic mass is 32.2. The van der Waals surface area contributed by atoms with Crippen LogP contribution in [0, 0.1) is 13.8 Å². The van der Waals surface area contributed by atoms with Crippen LogP contribution >= 0.6 is 0 Å². The van der Waals surface area contributed by atoms with E-state index in [1.807, 2.05) is 20.0 Å². The first-order valence-corrected chi connectivity index (χ1v) is 8.09. The molecule has 0 saturated heterocycles. The van der Waals surface area contributed by atoms with E-state index in [0.717, 1.165) is 11.1 Å². The van der Waals surface area contributed by atoms with Crippen LogP contribution in [0.5, 0.6) is 0 Å². The van der Waals surface area contributed by atoms with E-state index in [1.54, 1.807) is 37.0 Å². The Bertz CT molecular complexity index is 750. The summed E-state index contributed by atoms with van der Waals surface area (Å²) in [5.74, 6) is 0. The number of nitrogens with one attached hydrogen (secondary N) is 2. The Morgan fingerprint density at radius 1 is 1.29 bits per heavy atom. The van der Waals surface area contributed by atoms with Crippen molar-refractivity contribution in [2.75, 3.05) is 11.8 Å². The first kappa shape index (κ1) is 15.5. The van der Waals surface area contributed by atoms with Crippen LogP contribution in [0.3, 0.4) is 0 Å². The van der Waals surface area contributed by atoms with Gasteiger partial charge in [-0.1, -0.05) is 6.07 Å². The van der Waals surface area contributed by atoms with Crippen molar-refractivity contribution in [3.8, 4) is 0 Å². The molecule has 0 atom stereocenters. The summed E-state index contributed by atoms with van der Waals surface area (Å²) in [5, 5.41) is 7.17. The van der Waals surface area contributed by atoms with E-state index in [4.69, 9.17) is 0 Å². The van der Waals surface area contributed by atoms with Crippen LogP contribution < -0.4 is 10.0 Å². The van der Waals surface area contributed by atoms with Crippen molar-refractivity contribution >= 4 is 15.7 Å². The number of benzene rings is 1. The number of aromatic nitrogens is 2. The van der Waals surface area contributed by atoms with E-state index in [-0.39, 0.29) is 4.90 Å². The summed E-state index contributed by atoms with van der Waals surface area (Å²) in [6.45, 7) is 4.35. The van der Waals surface area contributed by atoms with Crippen LogP contribution in [0.25, 0.3) is 0 Å². The zero-order chi connectivity index (χ0) is 15.6. The summed E-state index contributed by atoms with van der Waals surface area (Å²) in [7, 11) is -0.0283. The largest absolute Gasteiger partial charge is 0.316 e. The number of hydrogen-bond acceptors (Lipinski definition) is 4. The van der Waals surface area contributed by atoms with E-state index >= 15 is 0 Å². The molecule has 21 heavy (non-hydrogen) atoms. The minimum Gasteiger partial charge on any atom is -0.316 e. The fourth-order valence-electron chi connectivity index (χ4n) is 2.10. The maximum atomic E-state index is 12.5. The second kappa shape index (κ2) is 5.87. The standard InChI is InChI=1S/C14H20N4O2S/c1-10-5-6-13(7-12(10)8-15-3)21(19,20)17-14-9-18(4)16-11(14)2/h5-7,9,15,17H,8H2,1-4H3. The lowest BCUT2D eigenvalue weighted by Gasteiger charge is -2.10. The second-order valence-corrected chi connectivity index (χ2v) is 6.71. The van der Waals surface area contributed by atoms with Crippen molar-refractivity contribution in [2.45, 2.75) is 25.3 Å². The molecule has 0 aliphatic rings. The smallest absolute Gasteiger partial charge is 0.262 e. The summed E-state index contributed by atoms with van der Waals surface area (Å²) in [6.07, 6.45) is 1.65. The summed E-state index contributed by atoms with van der Waals surface area (Å²) in [4.78, 5) is 0.251. The molecule has 0 spiro atoms. The summed E-state index contributed by atoms with van der Waals surface area (Å²) in [5.41, 5.74) is 3.15. The first-order valence-electron chi connectivity index (χ1n) is 6.60. The maximum Gasteiger partial charge on any atom is 0.262 e. The van der Waals surface area contributed by atoms with Crippen LogP contribution in [0.1, 0.15) is 16.8 Å². The number of nitrogens with zero attached hydrogens (tertiary/aromatic N) is 2. The van der Waals surface area contributed by atoms with Gasteiger partial charge in [0.25, 0.3) is 10.0 Å². The molecule has 0 unspecified atom stereocenters. The van der Waals surface area contributed by atoms with Gasteiger partial charge in [-0.15, -0.1) is 0 Å². The van der Waals surface area contributed by atoms with Gasteiger partial charge in [0.2, 0.25) is 0 Å². The normalized spacial score (nSPS) is 11.6. The average molecular weight is 308 g/mol. The van der Waals surface area contributed by atoms with Gasteiger partial charge in [0, 0.05) is 19.8 Å². The Morgan fingerprint density at radius 2 is 2.00 bits per heavy atom. The van der Waals surface area contributed by atoms with Crippen molar-refractivity contribution in [2.24, 2.45) is 7.05 Å². The molecular weight excluding hydrogens is 288 g/mol. The molecule has 0 amide bonds. The molecule has 2 N–H and O–H groups in total. The van der Waals surface area contributed by atoms with Crippen LogP contribution in [0.15, 0.2) is 29.3 Å². The average Bonchev–Trinajstić information content (AvgIpc) is 2.70. The zero-order valence-corrected chi connectivity index (χ0v) is 13.5. The third-order valence-corrected chi connectivity index (χ3v) is 4.62. The highest BCUT2D eigenvalue weighted by molar-refractivity contribution is 7.92. The lowest BCUT2D eigenvalue weighted by Crippen LogP contribution is -2.15. The number of hydrogen-bond donors (Lipinski definition) is 2. The highest BCUT2D eigenvalue weighted by Gasteiger charge is 2.17. The van der Waals surface area contributed by atoms with E-state index in [1.165, 1.54) is 0 Å². The maximum absolute atomic E-state index is 12.5. The van der Waals surface area contributed by atoms with Crippen molar-refractivity contribution in [1.29, 1.82) is 0 Å². The van der Waals surface area contributed by atoms with Crippen molar-refractivity contribution in [3.63, 3.8) is 0 Å². The number of anilines is 1. The second-order valence-electron chi connectivity index (χ2n) is 5.03. The number of aryl methyl sites for hydroxylation is 3. The monoisotopic (exact) mass is 308 g/mol. The predicted molar refractivity (Wildman–Crippen MR) is 82.7 cm³/mol. The van der Waals surface area contributed by atoms with Gasteiger partial charge < -0.3 is 5.32 Å². The lowest BCUT2D eigenvalue weighted by atomic mass is 10.1. The van der Waals surface area contributed by atoms with Gasteiger partial charge in [-0.3, -0.25) is 9.40 Å². The minimum atomic E-state index is -3.61. The van der Waals surface area contributed by atoms with E-state index in [2.05, 4.69) is 15.1 Å². The number of rotatable bonds is 5. The zero-order valence-electron chi connectivity index (χ0n) is 12.6. The molecular formula is C14H20N4O2S. The Kier molecular flexibility index (Phi) is 4.34. The Hall–Kier alpha value is -1.86.